The molecular formula is C16H22N2. The van der Waals surface area contributed by atoms with Gasteiger partial charge in [-0.05, 0) is 49.9 Å². The van der Waals surface area contributed by atoms with Gasteiger partial charge >= 0.3 is 0 Å². The van der Waals surface area contributed by atoms with Crippen molar-refractivity contribution in [3.05, 3.63) is 35.4 Å². The summed E-state index contributed by atoms with van der Waals surface area (Å²) in [5.74, 6) is 0.686. The zero-order valence-electron chi connectivity index (χ0n) is 11.4. The molecule has 2 rings (SSSR count). The van der Waals surface area contributed by atoms with Crippen LogP contribution in [-0.4, -0.2) is 25.0 Å². The third-order valence-electron chi connectivity index (χ3n) is 3.97. The maximum atomic E-state index is 9.16. The number of nitriles is 1. The van der Waals surface area contributed by atoms with Gasteiger partial charge < -0.3 is 4.90 Å². The maximum Gasteiger partial charge on any atom is 0.0710 e. The minimum Gasteiger partial charge on any atom is -0.306 e. The van der Waals surface area contributed by atoms with Crippen molar-refractivity contribution in [3.63, 3.8) is 0 Å². The molecule has 2 unspecified atom stereocenters. The molecule has 0 aliphatic carbocycles. The number of nitrogens with zero attached hydrogens (tertiary/aromatic N) is 2. The van der Waals surface area contributed by atoms with Crippen molar-refractivity contribution in [1.82, 2.24) is 4.90 Å². The van der Waals surface area contributed by atoms with Crippen molar-refractivity contribution in [3.8, 4) is 6.07 Å². The summed E-state index contributed by atoms with van der Waals surface area (Å²) in [5, 5.41) is 9.16. The number of piperidine rings is 1. The fraction of sp³-hybridized carbons (Fsp3) is 0.562. The maximum absolute atomic E-state index is 9.16. The van der Waals surface area contributed by atoms with E-state index in [4.69, 9.17) is 5.26 Å². The lowest BCUT2D eigenvalue weighted by atomic mass is 9.87. The van der Waals surface area contributed by atoms with E-state index in [0.29, 0.717) is 5.92 Å². The van der Waals surface area contributed by atoms with Crippen LogP contribution < -0.4 is 0 Å². The highest BCUT2D eigenvalue weighted by Gasteiger charge is 2.19. The summed E-state index contributed by atoms with van der Waals surface area (Å²) in [6.45, 7) is 4.44. The standard InChI is InChI=1S/C16H22N2/c1-3-13(11-17)14-6-4-7-15(10-14)16-8-5-9-18(2)12-16/h4,6-7,10,13,16H,3,5,8-9,12H2,1-2H3. The Morgan fingerprint density at radius 1 is 1.50 bits per heavy atom. The van der Waals surface area contributed by atoms with E-state index in [1.165, 1.54) is 30.5 Å². The molecule has 2 nitrogen and oxygen atoms in total. The van der Waals surface area contributed by atoms with Gasteiger partial charge in [0.25, 0.3) is 0 Å². The topological polar surface area (TPSA) is 27.0 Å². The summed E-state index contributed by atoms with van der Waals surface area (Å²) in [5.41, 5.74) is 2.60. The summed E-state index contributed by atoms with van der Waals surface area (Å²) in [7, 11) is 2.19. The van der Waals surface area contributed by atoms with Crippen LogP contribution in [0.25, 0.3) is 0 Å². The molecule has 0 amide bonds. The number of hydrogen-bond acceptors (Lipinski definition) is 2. The second kappa shape index (κ2) is 6.02. The third-order valence-corrected chi connectivity index (χ3v) is 3.97. The van der Waals surface area contributed by atoms with Crippen molar-refractivity contribution >= 4 is 0 Å². The van der Waals surface area contributed by atoms with Crippen LogP contribution >= 0.6 is 0 Å². The van der Waals surface area contributed by atoms with Gasteiger partial charge in [-0.25, -0.2) is 0 Å². The van der Waals surface area contributed by atoms with Crippen LogP contribution in [0.1, 0.15) is 49.1 Å². The largest absolute Gasteiger partial charge is 0.306 e. The highest BCUT2D eigenvalue weighted by Crippen LogP contribution is 2.29. The van der Waals surface area contributed by atoms with Gasteiger partial charge in [0, 0.05) is 6.54 Å². The van der Waals surface area contributed by atoms with Crippen molar-refractivity contribution in [2.75, 3.05) is 20.1 Å². The second-order valence-corrected chi connectivity index (χ2v) is 5.36. The van der Waals surface area contributed by atoms with E-state index < -0.39 is 0 Å². The fourth-order valence-corrected chi connectivity index (χ4v) is 2.87. The summed E-state index contributed by atoms with van der Waals surface area (Å²) in [6, 6.07) is 11.1. The lowest BCUT2D eigenvalue weighted by Crippen LogP contribution is -2.30. The monoisotopic (exact) mass is 242 g/mol. The van der Waals surface area contributed by atoms with E-state index in [-0.39, 0.29) is 5.92 Å². The Kier molecular flexibility index (Phi) is 4.38. The molecule has 0 N–H and O–H groups in total. The van der Waals surface area contributed by atoms with Crippen molar-refractivity contribution in [2.45, 2.75) is 38.0 Å². The molecule has 1 aliphatic rings. The zero-order valence-corrected chi connectivity index (χ0v) is 11.4. The van der Waals surface area contributed by atoms with Crippen LogP contribution in [0.3, 0.4) is 0 Å². The first kappa shape index (κ1) is 13.1. The molecule has 2 heteroatoms. The third kappa shape index (κ3) is 2.91. The molecule has 1 aromatic rings. The number of likely N-dealkylation sites (tertiary alicyclic amines) is 1. The average Bonchev–Trinajstić information content (AvgIpc) is 2.41. The molecule has 1 heterocycles. The lowest BCUT2D eigenvalue weighted by Gasteiger charge is -2.30. The van der Waals surface area contributed by atoms with Crippen molar-refractivity contribution in [2.24, 2.45) is 0 Å². The van der Waals surface area contributed by atoms with E-state index in [9.17, 15) is 0 Å². The van der Waals surface area contributed by atoms with Crippen LogP contribution in [0.2, 0.25) is 0 Å². The molecule has 1 aromatic carbocycles. The fourth-order valence-electron chi connectivity index (χ4n) is 2.87. The van der Waals surface area contributed by atoms with E-state index in [2.05, 4.69) is 49.2 Å². The Bertz CT molecular complexity index is 433. The highest BCUT2D eigenvalue weighted by molar-refractivity contribution is 5.32. The molecule has 1 aliphatic heterocycles. The van der Waals surface area contributed by atoms with Gasteiger partial charge in [0.2, 0.25) is 0 Å². The second-order valence-electron chi connectivity index (χ2n) is 5.36. The van der Waals surface area contributed by atoms with Gasteiger partial charge in [0.1, 0.15) is 0 Å². The first-order valence-corrected chi connectivity index (χ1v) is 6.92. The SMILES string of the molecule is CCC(C#N)c1cccc(C2CCCN(C)C2)c1. The van der Waals surface area contributed by atoms with Crippen LogP contribution in [0.15, 0.2) is 24.3 Å². The van der Waals surface area contributed by atoms with E-state index in [1.807, 2.05) is 0 Å². The predicted octanol–water partition coefficient (Wildman–Crippen LogP) is 3.51. The Morgan fingerprint density at radius 2 is 2.33 bits per heavy atom. The van der Waals surface area contributed by atoms with Crippen molar-refractivity contribution < 1.29 is 0 Å². The number of likely N-dealkylation sites (N-methyl/N-ethyl adjacent to an activating group) is 1. The number of rotatable bonds is 3. The normalized spacial score (nSPS) is 22.4. The molecule has 1 fully saturated rings. The summed E-state index contributed by atoms with van der Waals surface area (Å²) < 4.78 is 0. The molecule has 0 radical (unpaired) electrons. The van der Waals surface area contributed by atoms with E-state index in [1.54, 1.807) is 0 Å². The van der Waals surface area contributed by atoms with Gasteiger partial charge in [-0.3, -0.25) is 0 Å². The first-order chi connectivity index (χ1) is 8.74. The molecule has 18 heavy (non-hydrogen) atoms. The minimum atomic E-state index is 0.0475. The van der Waals surface area contributed by atoms with Crippen molar-refractivity contribution in [1.29, 1.82) is 5.26 Å². The Morgan fingerprint density at radius 3 is 3.00 bits per heavy atom. The van der Waals surface area contributed by atoms with Gasteiger partial charge in [0.15, 0.2) is 0 Å². The predicted molar refractivity (Wildman–Crippen MR) is 74.6 cm³/mol. The Hall–Kier alpha value is -1.33. The molecule has 2 atom stereocenters. The molecule has 0 saturated carbocycles. The molecule has 0 aromatic heterocycles. The molecule has 0 bridgehead atoms. The van der Waals surface area contributed by atoms with Gasteiger partial charge in [-0.1, -0.05) is 31.2 Å². The number of benzene rings is 1. The summed E-state index contributed by atoms with van der Waals surface area (Å²) >= 11 is 0. The molecule has 1 saturated heterocycles. The minimum absolute atomic E-state index is 0.0475. The van der Waals surface area contributed by atoms with Crippen LogP contribution in [0, 0.1) is 11.3 Å². The zero-order chi connectivity index (χ0) is 13.0. The van der Waals surface area contributed by atoms with Gasteiger partial charge in [-0.15, -0.1) is 0 Å². The quantitative estimate of drug-likeness (QED) is 0.811. The molecule has 0 spiro atoms. The van der Waals surface area contributed by atoms with Crippen LogP contribution in [0.5, 0.6) is 0 Å². The van der Waals surface area contributed by atoms with Gasteiger partial charge in [0.05, 0.1) is 12.0 Å². The molecular weight excluding hydrogens is 220 g/mol. The van der Waals surface area contributed by atoms with Gasteiger partial charge in [-0.2, -0.15) is 5.26 Å². The average molecular weight is 242 g/mol. The summed E-state index contributed by atoms with van der Waals surface area (Å²) in [4.78, 5) is 2.41. The smallest absolute Gasteiger partial charge is 0.0710 e. The van der Waals surface area contributed by atoms with E-state index >= 15 is 0 Å². The van der Waals surface area contributed by atoms with E-state index in [0.717, 1.165) is 13.0 Å². The first-order valence-electron chi connectivity index (χ1n) is 6.92. The Labute approximate surface area is 110 Å². The van der Waals surface area contributed by atoms with Crippen LogP contribution in [0.4, 0.5) is 0 Å². The highest BCUT2D eigenvalue weighted by atomic mass is 15.1. The molecule has 96 valence electrons. The number of hydrogen-bond donors (Lipinski definition) is 0. The Balaban J connectivity index is 2.19. The summed E-state index contributed by atoms with van der Waals surface area (Å²) in [6.07, 6.45) is 3.45. The lowest BCUT2D eigenvalue weighted by molar-refractivity contribution is 0.251. The van der Waals surface area contributed by atoms with Crippen LogP contribution in [-0.2, 0) is 0 Å².